The molecule has 0 bridgehead atoms. The molecule has 0 aromatic heterocycles. The van der Waals surface area contributed by atoms with E-state index < -0.39 is 11.6 Å². The van der Waals surface area contributed by atoms with Crippen molar-refractivity contribution in [1.29, 1.82) is 0 Å². The summed E-state index contributed by atoms with van der Waals surface area (Å²) in [4.78, 5) is 0. The molecule has 1 aliphatic rings. The molecule has 1 atom stereocenters. The summed E-state index contributed by atoms with van der Waals surface area (Å²) in [6.07, 6.45) is 0.748. The second-order valence-electron chi connectivity index (χ2n) is 4.78. The van der Waals surface area contributed by atoms with Crippen LogP contribution in [0.25, 0.3) is 0 Å². The van der Waals surface area contributed by atoms with Crippen LogP contribution in [0.3, 0.4) is 0 Å². The van der Waals surface area contributed by atoms with Crippen LogP contribution in [0, 0.1) is 18.6 Å². The monoisotopic (exact) mass is 279 g/mol. The van der Waals surface area contributed by atoms with Crippen molar-refractivity contribution in [3.8, 4) is 0 Å². The minimum atomic E-state index is -0.821. The molecule has 0 amide bonds. The molecule has 3 rings (SSSR count). The average molecular weight is 280 g/mol. The van der Waals surface area contributed by atoms with Crippen molar-refractivity contribution in [2.45, 2.75) is 19.4 Å². The van der Waals surface area contributed by atoms with Gasteiger partial charge in [0.15, 0.2) is 11.6 Å². The highest BCUT2D eigenvalue weighted by atomic mass is 35.5. The first-order valence-corrected chi connectivity index (χ1v) is 6.43. The molecular weight excluding hydrogens is 268 g/mol. The van der Waals surface area contributed by atoms with Gasteiger partial charge in [-0.15, -0.1) is 0 Å². The predicted octanol–water partition coefficient (Wildman–Crippen LogP) is 4.64. The summed E-state index contributed by atoms with van der Waals surface area (Å²) >= 11 is 6.08. The van der Waals surface area contributed by atoms with Crippen LogP contribution in [0.15, 0.2) is 30.3 Å². The van der Waals surface area contributed by atoms with E-state index in [-0.39, 0.29) is 6.04 Å². The Morgan fingerprint density at radius 3 is 2.68 bits per heavy atom. The van der Waals surface area contributed by atoms with Gasteiger partial charge in [0.2, 0.25) is 0 Å². The van der Waals surface area contributed by atoms with E-state index in [0.29, 0.717) is 5.02 Å². The summed E-state index contributed by atoms with van der Waals surface area (Å²) in [7, 11) is 0. The molecule has 0 saturated carbocycles. The summed E-state index contributed by atoms with van der Waals surface area (Å²) in [6, 6.07) is 7.81. The van der Waals surface area contributed by atoms with E-state index in [1.54, 1.807) is 6.07 Å². The van der Waals surface area contributed by atoms with Crippen LogP contribution in [0.5, 0.6) is 0 Å². The van der Waals surface area contributed by atoms with Crippen LogP contribution in [-0.4, -0.2) is 0 Å². The smallest absolute Gasteiger partial charge is 0.159 e. The minimum absolute atomic E-state index is 0.0396. The van der Waals surface area contributed by atoms with Crippen molar-refractivity contribution in [3.05, 3.63) is 63.7 Å². The van der Waals surface area contributed by atoms with E-state index in [1.165, 1.54) is 6.07 Å². The van der Waals surface area contributed by atoms with Gasteiger partial charge in [0.1, 0.15) is 0 Å². The molecule has 1 aliphatic heterocycles. The van der Waals surface area contributed by atoms with Gasteiger partial charge in [-0.3, -0.25) is 0 Å². The topological polar surface area (TPSA) is 12.0 Å². The highest BCUT2D eigenvalue weighted by Gasteiger charge is 2.24. The van der Waals surface area contributed by atoms with E-state index in [2.05, 4.69) is 5.32 Å². The number of nitrogens with one attached hydrogen (secondary N) is 1. The lowest BCUT2D eigenvalue weighted by Gasteiger charge is -2.13. The quantitative estimate of drug-likeness (QED) is 0.802. The number of fused-ring (bicyclic) bond motifs is 1. The van der Waals surface area contributed by atoms with Gasteiger partial charge in [0.05, 0.1) is 6.04 Å². The van der Waals surface area contributed by atoms with E-state index in [1.807, 2.05) is 19.1 Å². The van der Waals surface area contributed by atoms with Gasteiger partial charge >= 0.3 is 0 Å². The highest BCUT2D eigenvalue weighted by molar-refractivity contribution is 6.31. The van der Waals surface area contributed by atoms with Crippen LogP contribution in [0.4, 0.5) is 14.5 Å². The van der Waals surface area contributed by atoms with Gasteiger partial charge in [-0.05, 0) is 48.2 Å². The summed E-state index contributed by atoms with van der Waals surface area (Å²) in [5, 5.41) is 4.04. The third-order valence-electron chi connectivity index (χ3n) is 3.57. The predicted molar refractivity (Wildman–Crippen MR) is 72.6 cm³/mol. The SMILES string of the molecule is Cc1c(Cl)ccc2c1NC(c1ccc(F)c(F)c1)C2. The normalized spacial score (nSPS) is 17.2. The fourth-order valence-electron chi connectivity index (χ4n) is 2.49. The number of halogens is 3. The zero-order valence-electron chi connectivity index (χ0n) is 10.3. The number of hydrogen-bond acceptors (Lipinski definition) is 1. The Morgan fingerprint density at radius 2 is 1.95 bits per heavy atom. The molecule has 0 fully saturated rings. The Balaban J connectivity index is 1.95. The molecule has 1 heterocycles. The first kappa shape index (κ1) is 12.4. The maximum Gasteiger partial charge on any atom is 0.159 e. The Kier molecular flexibility index (Phi) is 2.94. The molecule has 19 heavy (non-hydrogen) atoms. The number of anilines is 1. The number of benzene rings is 2. The zero-order chi connectivity index (χ0) is 13.6. The second-order valence-corrected chi connectivity index (χ2v) is 5.19. The van der Waals surface area contributed by atoms with E-state index in [4.69, 9.17) is 11.6 Å². The molecular formula is C15H12ClF2N. The average Bonchev–Trinajstić information content (AvgIpc) is 2.82. The van der Waals surface area contributed by atoms with Gasteiger partial charge in [0, 0.05) is 10.7 Å². The molecule has 1 N–H and O–H groups in total. The molecule has 2 aromatic rings. The Hall–Kier alpha value is -1.61. The Morgan fingerprint density at radius 1 is 1.16 bits per heavy atom. The van der Waals surface area contributed by atoms with Crippen molar-refractivity contribution in [3.63, 3.8) is 0 Å². The summed E-state index contributed by atoms with van der Waals surface area (Å²) < 4.78 is 26.2. The molecule has 98 valence electrons. The van der Waals surface area contributed by atoms with Crippen molar-refractivity contribution in [2.75, 3.05) is 5.32 Å². The fourth-order valence-corrected chi connectivity index (χ4v) is 2.65. The van der Waals surface area contributed by atoms with Crippen LogP contribution < -0.4 is 5.32 Å². The second kappa shape index (κ2) is 4.49. The third-order valence-corrected chi connectivity index (χ3v) is 3.98. The molecule has 1 unspecified atom stereocenters. The lowest BCUT2D eigenvalue weighted by Crippen LogP contribution is -2.06. The molecule has 1 nitrogen and oxygen atoms in total. The maximum atomic E-state index is 13.3. The largest absolute Gasteiger partial charge is 0.377 e. The van der Waals surface area contributed by atoms with Crippen molar-refractivity contribution in [1.82, 2.24) is 0 Å². The first-order chi connectivity index (χ1) is 9.06. The number of hydrogen-bond donors (Lipinski definition) is 1. The van der Waals surface area contributed by atoms with E-state index >= 15 is 0 Å². The van der Waals surface area contributed by atoms with Gasteiger partial charge in [-0.2, -0.15) is 0 Å². The molecule has 0 spiro atoms. The van der Waals surface area contributed by atoms with Crippen molar-refractivity contribution in [2.24, 2.45) is 0 Å². The third kappa shape index (κ3) is 2.08. The maximum absolute atomic E-state index is 13.3. The number of rotatable bonds is 1. The van der Waals surface area contributed by atoms with E-state index in [0.717, 1.165) is 34.9 Å². The van der Waals surface area contributed by atoms with Gasteiger partial charge < -0.3 is 5.32 Å². The van der Waals surface area contributed by atoms with E-state index in [9.17, 15) is 8.78 Å². The molecule has 0 radical (unpaired) electrons. The zero-order valence-corrected chi connectivity index (χ0v) is 11.1. The van der Waals surface area contributed by atoms with Crippen molar-refractivity contribution < 1.29 is 8.78 Å². The summed E-state index contributed by atoms with van der Waals surface area (Å²) in [5.41, 5.74) is 3.88. The Bertz CT molecular complexity index is 655. The molecule has 0 aliphatic carbocycles. The summed E-state index contributed by atoms with van der Waals surface area (Å²) in [5.74, 6) is -1.64. The van der Waals surface area contributed by atoms with Crippen LogP contribution >= 0.6 is 11.6 Å². The van der Waals surface area contributed by atoms with Crippen LogP contribution in [-0.2, 0) is 6.42 Å². The van der Waals surface area contributed by atoms with Crippen LogP contribution in [0.2, 0.25) is 5.02 Å². The molecule has 0 saturated heterocycles. The highest BCUT2D eigenvalue weighted by Crippen LogP contribution is 2.39. The Labute approximate surface area is 115 Å². The first-order valence-electron chi connectivity index (χ1n) is 6.05. The van der Waals surface area contributed by atoms with Gasteiger partial charge in [-0.25, -0.2) is 8.78 Å². The van der Waals surface area contributed by atoms with Gasteiger partial charge in [-0.1, -0.05) is 23.7 Å². The fraction of sp³-hybridized carbons (Fsp3) is 0.200. The molecule has 2 aromatic carbocycles. The lowest BCUT2D eigenvalue weighted by atomic mass is 10.0. The standard InChI is InChI=1S/C15H12ClF2N/c1-8-11(16)4-2-10-7-14(19-15(8)10)9-3-5-12(17)13(18)6-9/h2-6,14,19H,7H2,1H3. The van der Waals surface area contributed by atoms with Gasteiger partial charge in [0.25, 0.3) is 0 Å². The summed E-state index contributed by atoms with van der Waals surface area (Å²) in [6.45, 7) is 1.95. The minimum Gasteiger partial charge on any atom is -0.377 e. The lowest BCUT2D eigenvalue weighted by molar-refractivity contribution is 0.506. The molecule has 4 heteroatoms. The van der Waals surface area contributed by atoms with Crippen molar-refractivity contribution >= 4 is 17.3 Å². The van der Waals surface area contributed by atoms with Crippen LogP contribution in [0.1, 0.15) is 22.7 Å².